The van der Waals surface area contributed by atoms with Crippen LogP contribution in [0.1, 0.15) is 22.7 Å². The number of imidazole rings is 1. The number of aromatic amines is 1. The summed E-state index contributed by atoms with van der Waals surface area (Å²) >= 11 is 0. The molecule has 128 valence electrons. The van der Waals surface area contributed by atoms with Crippen molar-refractivity contribution in [3.8, 4) is 0 Å². The topological polar surface area (TPSA) is 87.0 Å². The van der Waals surface area contributed by atoms with Gasteiger partial charge in [-0.15, -0.1) is 0 Å². The molecule has 2 N–H and O–H groups in total. The van der Waals surface area contributed by atoms with E-state index in [4.69, 9.17) is 4.42 Å². The first-order chi connectivity index (χ1) is 12.3. The number of furan rings is 1. The second-order valence-electron chi connectivity index (χ2n) is 6.11. The molecule has 0 aromatic carbocycles. The van der Waals surface area contributed by atoms with Crippen molar-refractivity contribution in [1.29, 1.82) is 0 Å². The van der Waals surface area contributed by atoms with Crippen LogP contribution in [-0.2, 0) is 30.8 Å². The van der Waals surface area contributed by atoms with Crippen LogP contribution >= 0.6 is 0 Å². The van der Waals surface area contributed by atoms with Gasteiger partial charge >= 0.3 is 0 Å². The monoisotopic (exact) mass is 337 g/mol. The Morgan fingerprint density at radius 2 is 2.36 bits per heavy atom. The highest BCUT2D eigenvalue weighted by atomic mass is 16.3. The third-order valence-corrected chi connectivity index (χ3v) is 4.42. The van der Waals surface area contributed by atoms with Crippen LogP contribution in [0.3, 0.4) is 0 Å². The lowest BCUT2D eigenvalue weighted by Gasteiger charge is -2.33. The van der Waals surface area contributed by atoms with Gasteiger partial charge in [-0.2, -0.15) is 0 Å². The Morgan fingerprint density at radius 3 is 3.16 bits per heavy atom. The quantitative estimate of drug-likeness (QED) is 0.739. The Balaban J connectivity index is 1.50. The molecular formula is C18H19N5O2. The number of carbonyl (C=O) groups is 1. The fraction of sp³-hybridized carbons (Fsp3) is 0.278. The van der Waals surface area contributed by atoms with Gasteiger partial charge in [0.05, 0.1) is 36.6 Å². The second-order valence-corrected chi connectivity index (χ2v) is 6.11. The lowest BCUT2D eigenvalue weighted by atomic mass is 10.0. The van der Waals surface area contributed by atoms with E-state index in [0.29, 0.717) is 26.1 Å². The first kappa shape index (κ1) is 15.6. The number of hydrogen-bond acceptors (Lipinski definition) is 5. The Kier molecular flexibility index (Phi) is 4.30. The molecule has 25 heavy (non-hydrogen) atoms. The number of amides is 1. The number of fused-ring (bicyclic) bond motifs is 1. The van der Waals surface area contributed by atoms with Crippen molar-refractivity contribution in [1.82, 2.24) is 25.2 Å². The zero-order valence-corrected chi connectivity index (χ0v) is 13.7. The van der Waals surface area contributed by atoms with E-state index >= 15 is 0 Å². The summed E-state index contributed by atoms with van der Waals surface area (Å²) in [6, 6.07) is 7.32. The van der Waals surface area contributed by atoms with Crippen molar-refractivity contribution in [3.63, 3.8) is 0 Å². The van der Waals surface area contributed by atoms with Crippen LogP contribution in [0.15, 0.2) is 53.7 Å². The third kappa shape index (κ3) is 3.46. The molecule has 0 bridgehead atoms. The van der Waals surface area contributed by atoms with Gasteiger partial charge in [0.25, 0.3) is 0 Å². The van der Waals surface area contributed by atoms with Gasteiger partial charge in [0.1, 0.15) is 5.76 Å². The van der Waals surface area contributed by atoms with Gasteiger partial charge in [0, 0.05) is 31.9 Å². The number of hydrogen-bond donors (Lipinski definition) is 2. The minimum Gasteiger partial charge on any atom is -0.467 e. The van der Waals surface area contributed by atoms with E-state index in [1.807, 2.05) is 30.5 Å². The van der Waals surface area contributed by atoms with Crippen molar-refractivity contribution in [2.75, 3.05) is 0 Å². The predicted octanol–water partition coefficient (Wildman–Crippen LogP) is 1.64. The molecule has 7 nitrogen and oxygen atoms in total. The van der Waals surface area contributed by atoms with Crippen LogP contribution in [0, 0.1) is 0 Å². The first-order valence-electron chi connectivity index (χ1n) is 8.24. The average molecular weight is 337 g/mol. The summed E-state index contributed by atoms with van der Waals surface area (Å²) in [4.78, 5) is 26.6. The van der Waals surface area contributed by atoms with E-state index in [1.54, 1.807) is 18.8 Å². The van der Waals surface area contributed by atoms with Crippen LogP contribution in [0.25, 0.3) is 0 Å². The molecule has 0 aliphatic carbocycles. The van der Waals surface area contributed by atoms with Gasteiger partial charge in [0.2, 0.25) is 5.91 Å². The molecule has 0 radical (unpaired) electrons. The lowest BCUT2D eigenvalue weighted by Crippen LogP contribution is -2.49. The normalized spacial score (nSPS) is 17.2. The molecule has 1 atom stereocenters. The summed E-state index contributed by atoms with van der Waals surface area (Å²) in [6.45, 7) is 1.70. The molecule has 1 aliphatic rings. The molecule has 1 amide bonds. The number of pyridine rings is 1. The zero-order valence-electron chi connectivity index (χ0n) is 13.7. The average Bonchev–Trinajstić information content (AvgIpc) is 3.31. The summed E-state index contributed by atoms with van der Waals surface area (Å²) in [5.41, 5.74) is 3.11. The number of H-pyrrole nitrogens is 1. The molecule has 0 saturated heterocycles. The van der Waals surface area contributed by atoms with Crippen LogP contribution in [-0.4, -0.2) is 31.8 Å². The summed E-state index contributed by atoms with van der Waals surface area (Å²) in [5, 5.41) is 2.97. The van der Waals surface area contributed by atoms with Crippen molar-refractivity contribution in [2.45, 2.75) is 32.1 Å². The summed E-state index contributed by atoms with van der Waals surface area (Å²) < 4.78 is 5.28. The molecular weight excluding hydrogens is 318 g/mol. The molecule has 0 spiro atoms. The molecule has 3 aromatic heterocycles. The van der Waals surface area contributed by atoms with E-state index in [1.165, 1.54) is 0 Å². The standard InChI is InChI=1S/C18H19N5O2/c24-18(20-9-14-4-2-6-25-14)17-7-15-16(22-12-21-15)11-23(17)10-13-3-1-5-19-8-13/h1-6,8,12,17H,7,9-11H2,(H,20,24)(H,21,22)/t17-/m0/s1. The van der Waals surface area contributed by atoms with Gasteiger partial charge in [-0.05, 0) is 23.8 Å². The minimum absolute atomic E-state index is 0.0195. The number of nitrogens with zero attached hydrogens (tertiary/aromatic N) is 3. The van der Waals surface area contributed by atoms with E-state index in [0.717, 1.165) is 22.7 Å². The third-order valence-electron chi connectivity index (χ3n) is 4.42. The molecule has 0 unspecified atom stereocenters. The molecule has 3 aromatic rings. The number of aromatic nitrogens is 3. The van der Waals surface area contributed by atoms with Crippen LogP contribution in [0.2, 0.25) is 0 Å². The van der Waals surface area contributed by atoms with Crippen LogP contribution in [0.5, 0.6) is 0 Å². The van der Waals surface area contributed by atoms with E-state index in [9.17, 15) is 4.79 Å². The summed E-state index contributed by atoms with van der Waals surface area (Å²) in [6.07, 6.45) is 7.46. The largest absolute Gasteiger partial charge is 0.467 e. The number of nitrogens with one attached hydrogen (secondary N) is 2. The van der Waals surface area contributed by atoms with Gasteiger partial charge in [-0.25, -0.2) is 4.98 Å². The molecule has 0 fully saturated rings. The fourth-order valence-electron chi connectivity index (χ4n) is 3.14. The summed E-state index contributed by atoms with van der Waals surface area (Å²) in [7, 11) is 0. The Hall–Kier alpha value is -2.93. The van der Waals surface area contributed by atoms with Gasteiger partial charge in [0.15, 0.2) is 0 Å². The Labute approximate surface area is 145 Å². The maximum atomic E-state index is 12.8. The predicted molar refractivity (Wildman–Crippen MR) is 90.1 cm³/mol. The maximum Gasteiger partial charge on any atom is 0.238 e. The van der Waals surface area contributed by atoms with Crippen LogP contribution in [0.4, 0.5) is 0 Å². The van der Waals surface area contributed by atoms with Gasteiger partial charge in [-0.3, -0.25) is 14.7 Å². The second kappa shape index (κ2) is 6.90. The first-order valence-corrected chi connectivity index (χ1v) is 8.24. The Bertz CT molecular complexity index is 828. The zero-order chi connectivity index (χ0) is 17.1. The molecule has 7 heteroatoms. The smallest absolute Gasteiger partial charge is 0.238 e. The number of carbonyl (C=O) groups excluding carboxylic acids is 1. The summed E-state index contributed by atoms with van der Waals surface area (Å²) in [5.74, 6) is 0.720. The molecule has 4 rings (SSSR count). The van der Waals surface area contributed by atoms with Crippen molar-refractivity contribution in [2.24, 2.45) is 0 Å². The Morgan fingerprint density at radius 1 is 1.40 bits per heavy atom. The fourth-order valence-corrected chi connectivity index (χ4v) is 3.14. The maximum absolute atomic E-state index is 12.8. The molecule has 0 saturated carbocycles. The highest BCUT2D eigenvalue weighted by Gasteiger charge is 2.33. The van der Waals surface area contributed by atoms with Crippen molar-refractivity contribution >= 4 is 5.91 Å². The van der Waals surface area contributed by atoms with Crippen LogP contribution < -0.4 is 5.32 Å². The number of rotatable bonds is 5. The van der Waals surface area contributed by atoms with Gasteiger partial charge in [-0.1, -0.05) is 6.07 Å². The molecule has 4 heterocycles. The minimum atomic E-state index is -0.272. The van der Waals surface area contributed by atoms with Gasteiger partial charge < -0.3 is 14.7 Å². The van der Waals surface area contributed by atoms with E-state index in [-0.39, 0.29) is 11.9 Å². The van der Waals surface area contributed by atoms with Crippen molar-refractivity contribution in [3.05, 3.63) is 72.0 Å². The highest BCUT2D eigenvalue weighted by Crippen LogP contribution is 2.22. The van der Waals surface area contributed by atoms with E-state index < -0.39 is 0 Å². The SMILES string of the molecule is O=C(NCc1ccco1)[C@@H]1Cc2nc[nH]c2CN1Cc1cccnc1. The van der Waals surface area contributed by atoms with E-state index in [2.05, 4.69) is 25.2 Å². The lowest BCUT2D eigenvalue weighted by molar-refractivity contribution is -0.127. The highest BCUT2D eigenvalue weighted by molar-refractivity contribution is 5.82. The van der Waals surface area contributed by atoms with Crippen molar-refractivity contribution < 1.29 is 9.21 Å². The molecule has 1 aliphatic heterocycles.